The lowest BCUT2D eigenvalue weighted by molar-refractivity contribution is 0.411. The summed E-state index contributed by atoms with van der Waals surface area (Å²) in [5.74, 6) is 3.30. The fourth-order valence-electron chi connectivity index (χ4n) is 3.91. The van der Waals surface area contributed by atoms with E-state index in [0.29, 0.717) is 0 Å². The van der Waals surface area contributed by atoms with Gasteiger partial charge in [-0.1, -0.05) is 12.1 Å². The van der Waals surface area contributed by atoms with Crippen LogP contribution in [-0.4, -0.2) is 35.2 Å². The SMILES string of the molecule is COc1cccc2cc(-c3cc4nc(C)nc(N5CCCCC5)c4[nH]3)oc12. The molecule has 1 fully saturated rings. The maximum atomic E-state index is 6.10. The van der Waals surface area contributed by atoms with Crippen molar-refractivity contribution in [2.45, 2.75) is 26.2 Å². The highest BCUT2D eigenvalue weighted by Gasteiger charge is 2.19. The Morgan fingerprint density at radius 3 is 2.78 bits per heavy atom. The molecular weight excluding hydrogens is 340 g/mol. The fraction of sp³-hybridized carbons (Fsp3) is 0.333. The molecule has 6 nitrogen and oxygen atoms in total. The molecule has 0 radical (unpaired) electrons. The third-order valence-electron chi connectivity index (χ3n) is 5.22. The third kappa shape index (κ3) is 2.72. The molecular formula is C21H22N4O2. The molecule has 0 unspecified atom stereocenters. The quantitative estimate of drug-likeness (QED) is 0.573. The molecule has 1 saturated heterocycles. The van der Waals surface area contributed by atoms with Crippen molar-refractivity contribution in [1.29, 1.82) is 0 Å². The molecule has 0 atom stereocenters. The molecule has 3 aromatic heterocycles. The first-order valence-corrected chi connectivity index (χ1v) is 9.42. The van der Waals surface area contributed by atoms with Gasteiger partial charge in [0.25, 0.3) is 0 Å². The first-order chi connectivity index (χ1) is 13.2. The average molecular weight is 362 g/mol. The van der Waals surface area contributed by atoms with Crippen molar-refractivity contribution >= 4 is 27.8 Å². The number of methoxy groups -OCH3 is 1. The number of benzene rings is 1. The predicted molar refractivity (Wildman–Crippen MR) is 106 cm³/mol. The van der Waals surface area contributed by atoms with Crippen LogP contribution in [0.1, 0.15) is 25.1 Å². The van der Waals surface area contributed by atoms with Crippen LogP contribution in [0.5, 0.6) is 5.75 Å². The van der Waals surface area contributed by atoms with Crippen molar-refractivity contribution in [1.82, 2.24) is 15.0 Å². The van der Waals surface area contributed by atoms with Crippen LogP contribution in [0, 0.1) is 6.92 Å². The topological polar surface area (TPSA) is 67.2 Å². The number of hydrogen-bond acceptors (Lipinski definition) is 5. The molecule has 0 saturated carbocycles. The van der Waals surface area contributed by atoms with Gasteiger partial charge in [-0.25, -0.2) is 9.97 Å². The number of aromatic amines is 1. The highest BCUT2D eigenvalue weighted by Crippen LogP contribution is 2.35. The van der Waals surface area contributed by atoms with E-state index in [1.54, 1.807) is 7.11 Å². The Morgan fingerprint density at radius 2 is 1.96 bits per heavy atom. The first-order valence-electron chi connectivity index (χ1n) is 9.42. The number of nitrogens with one attached hydrogen (secondary N) is 1. The van der Waals surface area contributed by atoms with Gasteiger partial charge in [-0.2, -0.15) is 0 Å². The molecule has 0 bridgehead atoms. The van der Waals surface area contributed by atoms with Crippen LogP contribution in [0.15, 0.2) is 34.7 Å². The zero-order chi connectivity index (χ0) is 18.4. The highest BCUT2D eigenvalue weighted by molar-refractivity contribution is 5.92. The summed E-state index contributed by atoms with van der Waals surface area (Å²) in [5, 5.41) is 1.02. The number of aryl methyl sites for hydroxylation is 1. The largest absolute Gasteiger partial charge is 0.493 e. The van der Waals surface area contributed by atoms with E-state index in [1.165, 1.54) is 19.3 Å². The summed E-state index contributed by atoms with van der Waals surface area (Å²) in [7, 11) is 1.66. The number of piperidine rings is 1. The second kappa shape index (κ2) is 6.30. The molecule has 0 amide bonds. The molecule has 5 rings (SSSR count). The molecule has 0 spiro atoms. The number of para-hydroxylation sites is 1. The lowest BCUT2D eigenvalue weighted by Crippen LogP contribution is -2.30. The minimum absolute atomic E-state index is 0.736. The van der Waals surface area contributed by atoms with E-state index in [2.05, 4.69) is 14.9 Å². The Balaban J connectivity index is 1.64. The Hall–Kier alpha value is -3.02. The smallest absolute Gasteiger partial charge is 0.176 e. The normalized spacial score (nSPS) is 15.0. The van der Waals surface area contributed by atoms with Crippen molar-refractivity contribution in [3.05, 3.63) is 36.2 Å². The van der Waals surface area contributed by atoms with Gasteiger partial charge in [0.05, 0.1) is 18.3 Å². The lowest BCUT2D eigenvalue weighted by Gasteiger charge is -2.28. The van der Waals surface area contributed by atoms with Crippen molar-refractivity contribution in [3.8, 4) is 17.2 Å². The second-order valence-corrected chi connectivity index (χ2v) is 7.07. The zero-order valence-electron chi connectivity index (χ0n) is 15.6. The van der Waals surface area contributed by atoms with Crippen LogP contribution in [0.25, 0.3) is 33.5 Å². The maximum Gasteiger partial charge on any atom is 0.176 e. The molecule has 1 aliphatic heterocycles. The number of ether oxygens (including phenoxy) is 1. The highest BCUT2D eigenvalue weighted by atomic mass is 16.5. The van der Waals surface area contributed by atoms with Gasteiger partial charge in [0.1, 0.15) is 11.3 Å². The van der Waals surface area contributed by atoms with Crippen LogP contribution in [0.2, 0.25) is 0 Å². The Kier molecular flexibility index (Phi) is 3.77. The van der Waals surface area contributed by atoms with E-state index >= 15 is 0 Å². The van der Waals surface area contributed by atoms with Crippen LogP contribution < -0.4 is 9.64 Å². The number of anilines is 1. The Labute approximate surface area is 157 Å². The van der Waals surface area contributed by atoms with Gasteiger partial charge >= 0.3 is 0 Å². The molecule has 1 N–H and O–H groups in total. The summed E-state index contributed by atoms with van der Waals surface area (Å²) >= 11 is 0. The van der Waals surface area contributed by atoms with Gasteiger partial charge in [0, 0.05) is 18.5 Å². The molecule has 138 valence electrons. The lowest BCUT2D eigenvalue weighted by atomic mass is 10.1. The van der Waals surface area contributed by atoms with E-state index in [-0.39, 0.29) is 0 Å². The molecule has 1 aliphatic rings. The number of hydrogen-bond donors (Lipinski definition) is 1. The van der Waals surface area contributed by atoms with Crippen molar-refractivity contribution in [3.63, 3.8) is 0 Å². The first kappa shape index (κ1) is 16.2. The van der Waals surface area contributed by atoms with Crippen molar-refractivity contribution < 1.29 is 9.15 Å². The van der Waals surface area contributed by atoms with Crippen LogP contribution in [-0.2, 0) is 0 Å². The van der Waals surface area contributed by atoms with Crippen molar-refractivity contribution in [2.75, 3.05) is 25.1 Å². The summed E-state index contributed by atoms with van der Waals surface area (Å²) in [5.41, 5.74) is 3.56. The summed E-state index contributed by atoms with van der Waals surface area (Å²) < 4.78 is 11.5. The maximum absolute atomic E-state index is 6.10. The van der Waals surface area contributed by atoms with Gasteiger partial charge in [-0.15, -0.1) is 0 Å². The van der Waals surface area contributed by atoms with Gasteiger partial charge in [0.15, 0.2) is 22.9 Å². The second-order valence-electron chi connectivity index (χ2n) is 7.07. The van der Waals surface area contributed by atoms with E-state index in [0.717, 1.165) is 63.9 Å². The van der Waals surface area contributed by atoms with Gasteiger partial charge in [-0.05, 0) is 44.4 Å². The summed E-state index contributed by atoms with van der Waals surface area (Å²) in [6.07, 6.45) is 3.71. The number of fused-ring (bicyclic) bond motifs is 2. The number of nitrogens with zero attached hydrogens (tertiary/aromatic N) is 3. The van der Waals surface area contributed by atoms with E-state index in [9.17, 15) is 0 Å². The molecule has 4 heterocycles. The minimum atomic E-state index is 0.736. The number of aromatic nitrogens is 3. The number of furan rings is 1. The van der Waals surface area contributed by atoms with Crippen LogP contribution >= 0.6 is 0 Å². The van der Waals surface area contributed by atoms with Gasteiger partial charge in [-0.3, -0.25) is 0 Å². The average Bonchev–Trinajstić information content (AvgIpc) is 3.31. The minimum Gasteiger partial charge on any atom is -0.493 e. The molecule has 27 heavy (non-hydrogen) atoms. The summed E-state index contributed by atoms with van der Waals surface area (Å²) in [4.78, 5) is 15.2. The third-order valence-corrected chi connectivity index (χ3v) is 5.22. The molecule has 6 heteroatoms. The Morgan fingerprint density at radius 1 is 1.11 bits per heavy atom. The van der Waals surface area contributed by atoms with Crippen LogP contribution in [0.4, 0.5) is 5.82 Å². The van der Waals surface area contributed by atoms with E-state index in [1.807, 2.05) is 37.3 Å². The monoisotopic (exact) mass is 362 g/mol. The Bertz CT molecular complexity index is 1120. The fourth-order valence-corrected chi connectivity index (χ4v) is 3.91. The van der Waals surface area contributed by atoms with Crippen molar-refractivity contribution in [2.24, 2.45) is 0 Å². The van der Waals surface area contributed by atoms with Gasteiger partial charge < -0.3 is 19.0 Å². The zero-order valence-corrected chi connectivity index (χ0v) is 15.6. The van der Waals surface area contributed by atoms with E-state index < -0.39 is 0 Å². The standard InChI is InChI=1S/C21H22N4O2/c1-13-22-16-12-15(18-11-14-7-6-8-17(26-2)20(14)27-18)24-19(16)21(23-13)25-9-4-3-5-10-25/h6-8,11-12,24H,3-5,9-10H2,1-2H3. The summed E-state index contributed by atoms with van der Waals surface area (Å²) in [6.45, 7) is 4.04. The predicted octanol–water partition coefficient (Wildman–Crippen LogP) is 4.68. The van der Waals surface area contributed by atoms with E-state index in [4.69, 9.17) is 14.1 Å². The number of rotatable bonds is 3. The number of H-pyrrole nitrogens is 1. The molecule has 4 aromatic rings. The molecule has 0 aliphatic carbocycles. The van der Waals surface area contributed by atoms with Gasteiger partial charge in [0.2, 0.25) is 0 Å². The van der Waals surface area contributed by atoms with Crippen LogP contribution in [0.3, 0.4) is 0 Å². The summed E-state index contributed by atoms with van der Waals surface area (Å²) in [6, 6.07) is 9.97. The molecule has 1 aromatic carbocycles.